The number of hydrogen-bond acceptors (Lipinski definition) is 4. The van der Waals surface area contributed by atoms with Gasteiger partial charge in [-0.1, -0.05) is 18.2 Å². The third-order valence-electron chi connectivity index (χ3n) is 4.49. The van der Waals surface area contributed by atoms with Crippen LogP contribution in [0, 0.1) is 6.92 Å². The van der Waals surface area contributed by atoms with E-state index < -0.39 is 5.91 Å². The van der Waals surface area contributed by atoms with E-state index in [1.807, 2.05) is 6.92 Å². The number of nitrogens with zero attached hydrogens (tertiary/aromatic N) is 1. The highest BCUT2D eigenvalue weighted by Crippen LogP contribution is 2.30. The highest BCUT2D eigenvalue weighted by atomic mass is 16.3. The van der Waals surface area contributed by atoms with E-state index in [2.05, 4.69) is 10.6 Å². The molecule has 0 radical (unpaired) electrons. The van der Waals surface area contributed by atoms with Gasteiger partial charge in [-0.2, -0.15) is 0 Å². The standard InChI is InChI=1S/C21H17N3O4/c1-13-8-9-14(11-16(13)23-20(26)18-7-4-10-28-18)21(27)24-12-19(25)22-15-5-2-3-6-17(15)24/h2-11H,12H2,1H3,(H,22,25)(H,23,26). The minimum Gasteiger partial charge on any atom is -0.459 e. The summed E-state index contributed by atoms with van der Waals surface area (Å²) < 4.78 is 5.10. The maximum atomic E-state index is 13.1. The summed E-state index contributed by atoms with van der Waals surface area (Å²) >= 11 is 0. The Morgan fingerprint density at radius 2 is 1.93 bits per heavy atom. The molecule has 7 nitrogen and oxygen atoms in total. The van der Waals surface area contributed by atoms with Crippen LogP contribution in [0.1, 0.15) is 26.5 Å². The van der Waals surface area contributed by atoms with Crippen molar-refractivity contribution in [3.63, 3.8) is 0 Å². The van der Waals surface area contributed by atoms with Crippen molar-refractivity contribution in [3.05, 3.63) is 77.7 Å². The number of carbonyl (C=O) groups is 3. The van der Waals surface area contributed by atoms with Crippen LogP contribution in [0.4, 0.5) is 17.1 Å². The maximum Gasteiger partial charge on any atom is 0.291 e. The zero-order valence-electron chi connectivity index (χ0n) is 15.1. The molecule has 1 aliphatic heterocycles. The highest BCUT2D eigenvalue weighted by molar-refractivity contribution is 6.15. The summed E-state index contributed by atoms with van der Waals surface area (Å²) in [5.74, 6) is -0.806. The molecule has 7 heteroatoms. The van der Waals surface area contributed by atoms with E-state index in [0.717, 1.165) is 5.56 Å². The summed E-state index contributed by atoms with van der Waals surface area (Å²) in [6.45, 7) is 1.76. The predicted octanol–water partition coefficient (Wildman–Crippen LogP) is 3.44. The molecule has 0 bridgehead atoms. The van der Waals surface area contributed by atoms with E-state index in [-0.39, 0.29) is 24.1 Å². The lowest BCUT2D eigenvalue weighted by atomic mass is 10.1. The number of fused-ring (bicyclic) bond motifs is 1. The molecule has 4 rings (SSSR count). The quantitative estimate of drug-likeness (QED) is 0.734. The van der Waals surface area contributed by atoms with Crippen molar-refractivity contribution in [1.29, 1.82) is 0 Å². The van der Waals surface area contributed by atoms with Crippen LogP contribution in [0.5, 0.6) is 0 Å². The molecule has 0 atom stereocenters. The van der Waals surface area contributed by atoms with Gasteiger partial charge >= 0.3 is 0 Å². The van der Waals surface area contributed by atoms with Crippen molar-refractivity contribution in [2.75, 3.05) is 22.1 Å². The molecular formula is C21H17N3O4. The fourth-order valence-corrected chi connectivity index (χ4v) is 3.05. The van der Waals surface area contributed by atoms with Gasteiger partial charge in [0.25, 0.3) is 11.8 Å². The average molecular weight is 375 g/mol. The van der Waals surface area contributed by atoms with Crippen LogP contribution in [0.25, 0.3) is 0 Å². The molecule has 0 spiro atoms. The number of aryl methyl sites for hydroxylation is 1. The summed E-state index contributed by atoms with van der Waals surface area (Å²) in [6.07, 6.45) is 1.42. The van der Waals surface area contributed by atoms with Gasteiger partial charge in [-0.25, -0.2) is 0 Å². The predicted molar refractivity (Wildman–Crippen MR) is 105 cm³/mol. The second kappa shape index (κ2) is 7.03. The zero-order valence-corrected chi connectivity index (χ0v) is 15.1. The Balaban J connectivity index is 1.64. The highest BCUT2D eigenvalue weighted by Gasteiger charge is 2.27. The van der Waals surface area contributed by atoms with Gasteiger partial charge in [-0.3, -0.25) is 19.3 Å². The smallest absolute Gasteiger partial charge is 0.291 e. The number of amides is 3. The molecule has 0 fully saturated rings. The minimum atomic E-state index is -0.402. The molecule has 28 heavy (non-hydrogen) atoms. The molecule has 0 aliphatic carbocycles. The number of benzene rings is 2. The van der Waals surface area contributed by atoms with E-state index in [0.29, 0.717) is 22.6 Å². The molecule has 0 saturated carbocycles. The molecule has 2 heterocycles. The number of nitrogens with one attached hydrogen (secondary N) is 2. The molecule has 3 aromatic rings. The third kappa shape index (κ3) is 3.25. The van der Waals surface area contributed by atoms with Gasteiger partial charge in [0.1, 0.15) is 6.54 Å². The van der Waals surface area contributed by atoms with Crippen LogP contribution in [0.2, 0.25) is 0 Å². The number of hydrogen-bond donors (Lipinski definition) is 2. The van der Waals surface area contributed by atoms with E-state index >= 15 is 0 Å². The minimum absolute atomic E-state index is 0.0716. The lowest BCUT2D eigenvalue weighted by Crippen LogP contribution is -2.42. The van der Waals surface area contributed by atoms with E-state index in [4.69, 9.17) is 4.42 Å². The summed E-state index contributed by atoms with van der Waals surface area (Å²) in [5.41, 5.74) is 2.89. The second-order valence-electron chi connectivity index (χ2n) is 6.42. The lowest BCUT2D eigenvalue weighted by Gasteiger charge is -2.29. The molecule has 3 amide bonds. The van der Waals surface area contributed by atoms with Crippen LogP contribution < -0.4 is 15.5 Å². The first-order chi connectivity index (χ1) is 13.5. The average Bonchev–Trinajstić information content (AvgIpc) is 3.23. The molecular weight excluding hydrogens is 358 g/mol. The summed E-state index contributed by atoms with van der Waals surface area (Å²) in [7, 11) is 0. The zero-order chi connectivity index (χ0) is 19.7. The normalized spacial score (nSPS) is 12.9. The molecule has 0 saturated heterocycles. The SMILES string of the molecule is Cc1ccc(C(=O)N2CC(=O)Nc3ccccc32)cc1NC(=O)c1ccco1. The Kier molecular flexibility index (Phi) is 4.41. The number of furan rings is 1. The van der Waals surface area contributed by atoms with Crippen LogP contribution in [-0.4, -0.2) is 24.3 Å². The third-order valence-corrected chi connectivity index (χ3v) is 4.49. The van der Waals surface area contributed by atoms with E-state index in [1.165, 1.54) is 11.2 Å². The van der Waals surface area contributed by atoms with Gasteiger partial charge in [-0.05, 0) is 48.9 Å². The van der Waals surface area contributed by atoms with E-state index in [1.54, 1.807) is 54.6 Å². The van der Waals surface area contributed by atoms with Gasteiger partial charge in [0.15, 0.2) is 5.76 Å². The van der Waals surface area contributed by atoms with Crippen molar-refractivity contribution in [2.24, 2.45) is 0 Å². The fraction of sp³-hybridized carbons (Fsp3) is 0.0952. The molecule has 0 unspecified atom stereocenters. The number of para-hydroxylation sites is 2. The van der Waals surface area contributed by atoms with Crippen LogP contribution in [0.15, 0.2) is 65.3 Å². The summed E-state index contributed by atoms with van der Waals surface area (Å²) in [5, 5.41) is 5.51. The molecule has 2 aromatic carbocycles. The number of anilines is 3. The molecule has 1 aliphatic rings. The van der Waals surface area contributed by atoms with Gasteiger partial charge in [-0.15, -0.1) is 0 Å². The Labute approximate surface area is 161 Å². The van der Waals surface area contributed by atoms with Gasteiger partial charge in [0.05, 0.1) is 17.6 Å². The van der Waals surface area contributed by atoms with Crippen LogP contribution in [-0.2, 0) is 4.79 Å². The first kappa shape index (κ1) is 17.5. The summed E-state index contributed by atoms with van der Waals surface area (Å²) in [4.78, 5) is 38.8. The van der Waals surface area contributed by atoms with Crippen molar-refractivity contribution < 1.29 is 18.8 Å². The van der Waals surface area contributed by atoms with Crippen molar-refractivity contribution in [3.8, 4) is 0 Å². The first-order valence-electron chi connectivity index (χ1n) is 8.69. The van der Waals surface area contributed by atoms with Gasteiger partial charge < -0.3 is 15.1 Å². The Morgan fingerprint density at radius 1 is 1.11 bits per heavy atom. The topological polar surface area (TPSA) is 91.7 Å². The Bertz CT molecular complexity index is 1070. The molecule has 140 valence electrons. The first-order valence-corrected chi connectivity index (χ1v) is 8.69. The van der Waals surface area contributed by atoms with Crippen molar-refractivity contribution in [1.82, 2.24) is 0 Å². The monoisotopic (exact) mass is 375 g/mol. The van der Waals surface area contributed by atoms with Gasteiger partial charge in [0.2, 0.25) is 5.91 Å². The molecule has 1 aromatic heterocycles. The Morgan fingerprint density at radius 3 is 2.71 bits per heavy atom. The number of rotatable bonds is 3. The van der Waals surface area contributed by atoms with E-state index in [9.17, 15) is 14.4 Å². The fourth-order valence-electron chi connectivity index (χ4n) is 3.05. The van der Waals surface area contributed by atoms with Crippen molar-refractivity contribution in [2.45, 2.75) is 6.92 Å². The molecule has 2 N–H and O–H groups in total. The maximum absolute atomic E-state index is 13.1. The second-order valence-corrected chi connectivity index (χ2v) is 6.42. The number of carbonyl (C=O) groups excluding carboxylic acids is 3. The van der Waals surface area contributed by atoms with Crippen LogP contribution >= 0.6 is 0 Å². The Hall–Kier alpha value is -3.87. The van der Waals surface area contributed by atoms with Crippen LogP contribution in [0.3, 0.4) is 0 Å². The lowest BCUT2D eigenvalue weighted by molar-refractivity contribution is -0.115. The van der Waals surface area contributed by atoms with Crippen molar-refractivity contribution >= 4 is 34.8 Å². The largest absolute Gasteiger partial charge is 0.459 e. The summed E-state index contributed by atoms with van der Waals surface area (Å²) in [6, 6.07) is 15.3. The van der Waals surface area contributed by atoms with Gasteiger partial charge in [0, 0.05) is 11.3 Å².